The minimum Gasteiger partial charge on any atom is -0.462 e. The van der Waals surface area contributed by atoms with E-state index in [1.54, 1.807) is 0 Å². The Hall–Kier alpha value is -2.63. The van der Waals surface area contributed by atoms with Crippen LogP contribution in [0, 0.1) is 0 Å². The number of hydrogen-bond acceptors (Lipinski definition) is 6. The number of carbonyl (C=O) groups excluding carboxylic acids is 3. The van der Waals surface area contributed by atoms with Crippen molar-refractivity contribution in [2.45, 2.75) is 303 Å². The molecule has 1 unspecified atom stereocenters. The van der Waals surface area contributed by atoms with Gasteiger partial charge in [-0.15, -0.1) is 0 Å². The molecule has 0 N–H and O–H groups in total. The lowest BCUT2D eigenvalue weighted by Gasteiger charge is -2.18. The van der Waals surface area contributed by atoms with Gasteiger partial charge in [-0.05, 0) is 103 Å². The van der Waals surface area contributed by atoms with Crippen LogP contribution in [-0.2, 0) is 28.6 Å². The quantitative estimate of drug-likeness (QED) is 0.0262. The predicted molar refractivity (Wildman–Crippen MR) is 284 cm³/mol. The highest BCUT2D eigenvalue weighted by atomic mass is 16.6. The molecule has 0 spiro atoms. The molecule has 0 aliphatic carbocycles. The summed E-state index contributed by atoms with van der Waals surface area (Å²) in [7, 11) is 0. The average molecular weight is 926 g/mol. The maximum Gasteiger partial charge on any atom is 0.306 e. The largest absolute Gasteiger partial charge is 0.462 e. The maximum atomic E-state index is 12.8. The molecule has 6 heteroatoms. The molecule has 0 saturated carbocycles. The number of carbonyl (C=O) groups is 3. The van der Waals surface area contributed by atoms with Crippen molar-refractivity contribution in [1.29, 1.82) is 0 Å². The van der Waals surface area contributed by atoms with Crippen molar-refractivity contribution in [3.8, 4) is 0 Å². The van der Waals surface area contributed by atoms with Gasteiger partial charge in [0.05, 0.1) is 0 Å². The second kappa shape index (κ2) is 55.0. The van der Waals surface area contributed by atoms with E-state index in [0.29, 0.717) is 19.3 Å². The van der Waals surface area contributed by atoms with Crippen molar-refractivity contribution in [3.63, 3.8) is 0 Å². The SMILES string of the molecule is CCCCC/C=C\C/C=C\CCCCCCCCCC(=O)OC(COC(=O)CCCCCCC/C=C\CCCCC)COC(=O)CCCCCCCCC/C=C\CCCCCCCCCC. The fourth-order valence-electron chi connectivity index (χ4n) is 8.17. The smallest absolute Gasteiger partial charge is 0.306 e. The van der Waals surface area contributed by atoms with Gasteiger partial charge in [-0.2, -0.15) is 0 Å². The third kappa shape index (κ3) is 52.3. The molecule has 0 aliphatic rings. The highest BCUT2D eigenvalue weighted by Gasteiger charge is 2.19. The second-order valence-corrected chi connectivity index (χ2v) is 19.2. The molecule has 384 valence electrons. The Morgan fingerprint density at radius 1 is 0.303 bits per heavy atom. The number of allylic oxidation sites excluding steroid dienone is 8. The standard InChI is InChI=1S/C60H108O6/c1-4-7-10-13-16-19-22-25-27-29-30-32-33-35-38-41-44-47-50-53-59(62)65-56-57(55-64-58(61)52-49-46-43-40-37-24-21-18-15-12-9-6-3)66-60(63)54-51-48-45-42-39-36-34-31-28-26-23-20-17-14-11-8-5-2/h17-18,20-21,26,28-30,57H,4-16,19,22-25,27,31-56H2,1-3H3/b20-17-,21-18-,28-26-,30-29-. The molecule has 0 heterocycles. The summed E-state index contributed by atoms with van der Waals surface area (Å²) in [6.07, 6.45) is 66.7. The van der Waals surface area contributed by atoms with E-state index < -0.39 is 6.10 Å². The van der Waals surface area contributed by atoms with Crippen LogP contribution in [0.2, 0.25) is 0 Å². The fraction of sp³-hybridized carbons (Fsp3) is 0.817. The number of esters is 3. The van der Waals surface area contributed by atoms with Crippen LogP contribution >= 0.6 is 0 Å². The van der Waals surface area contributed by atoms with Gasteiger partial charge >= 0.3 is 17.9 Å². The Bertz CT molecular complexity index is 1150. The molecular weight excluding hydrogens is 817 g/mol. The van der Waals surface area contributed by atoms with Gasteiger partial charge in [-0.25, -0.2) is 0 Å². The monoisotopic (exact) mass is 925 g/mol. The summed E-state index contributed by atoms with van der Waals surface area (Å²) >= 11 is 0. The molecular formula is C60H108O6. The van der Waals surface area contributed by atoms with E-state index in [0.717, 1.165) is 77.0 Å². The third-order valence-corrected chi connectivity index (χ3v) is 12.5. The van der Waals surface area contributed by atoms with Crippen LogP contribution in [0.3, 0.4) is 0 Å². The highest BCUT2D eigenvalue weighted by molar-refractivity contribution is 5.71. The molecule has 0 bridgehead atoms. The van der Waals surface area contributed by atoms with Crippen molar-refractivity contribution in [1.82, 2.24) is 0 Å². The first-order chi connectivity index (χ1) is 32.5. The Morgan fingerprint density at radius 2 is 0.545 bits per heavy atom. The molecule has 6 nitrogen and oxygen atoms in total. The minimum absolute atomic E-state index is 0.0799. The van der Waals surface area contributed by atoms with E-state index in [2.05, 4.69) is 69.4 Å². The molecule has 0 fully saturated rings. The van der Waals surface area contributed by atoms with Crippen LogP contribution in [0.15, 0.2) is 48.6 Å². The Balaban J connectivity index is 4.35. The van der Waals surface area contributed by atoms with Crippen LogP contribution < -0.4 is 0 Å². The van der Waals surface area contributed by atoms with E-state index in [1.165, 1.54) is 180 Å². The first-order valence-electron chi connectivity index (χ1n) is 28.6. The summed E-state index contributed by atoms with van der Waals surface area (Å²) in [6, 6.07) is 0. The second-order valence-electron chi connectivity index (χ2n) is 19.2. The van der Waals surface area contributed by atoms with Gasteiger partial charge in [0, 0.05) is 19.3 Å². The molecule has 0 radical (unpaired) electrons. The van der Waals surface area contributed by atoms with E-state index >= 15 is 0 Å². The molecule has 66 heavy (non-hydrogen) atoms. The van der Waals surface area contributed by atoms with Crippen molar-refractivity contribution < 1.29 is 28.6 Å². The summed E-state index contributed by atoms with van der Waals surface area (Å²) in [5, 5.41) is 0. The summed E-state index contributed by atoms with van der Waals surface area (Å²) in [4.78, 5) is 38.1. The normalized spacial score (nSPS) is 12.3. The molecule has 0 aromatic rings. The summed E-state index contributed by atoms with van der Waals surface area (Å²) < 4.78 is 16.8. The summed E-state index contributed by atoms with van der Waals surface area (Å²) in [6.45, 7) is 6.60. The molecule has 0 aliphatic heterocycles. The van der Waals surface area contributed by atoms with Crippen LogP contribution in [0.25, 0.3) is 0 Å². The zero-order valence-corrected chi connectivity index (χ0v) is 44.0. The molecule has 0 aromatic heterocycles. The van der Waals surface area contributed by atoms with Crippen molar-refractivity contribution in [3.05, 3.63) is 48.6 Å². The number of hydrogen-bond donors (Lipinski definition) is 0. The first-order valence-corrected chi connectivity index (χ1v) is 28.6. The van der Waals surface area contributed by atoms with Crippen molar-refractivity contribution >= 4 is 17.9 Å². The minimum atomic E-state index is -0.781. The van der Waals surface area contributed by atoms with Gasteiger partial charge in [-0.3, -0.25) is 14.4 Å². The molecule has 0 amide bonds. The zero-order chi connectivity index (χ0) is 47.9. The maximum absolute atomic E-state index is 12.8. The van der Waals surface area contributed by atoms with Crippen LogP contribution in [-0.4, -0.2) is 37.2 Å². The van der Waals surface area contributed by atoms with Crippen LogP contribution in [0.4, 0.5) is 0 Å². The van der Waals surface area contributed by atoms with Gasteiger partial charge in [0.15, 0.2) is 6.10 Å². The van der Waals surface area contributed by atoms with Crippen LogP contribution in [0.5, 0.6) is 0 Å². The Kier molecular flexibility index (Phi) is 52.8. The number of ether oxygens (including phenoxy) is 3. The average Bonchev–Trinajstić information content (AvgIpc) is 3.31. The number of unbranched alkanes of at least 4 members (excludes halogenated alkanes) is 33. The fourth-order valence-corrected chi connectivity index (χ4v) is 8.17. The third-order valence-electron chi connectivity index (χ3n) is 12.5. The Morgan fingerprint density at radius 3 is 0.879 bits per heavy atom. The highest BCUT2D eigenvalue weighted by Crippen LogP contribution is 2.15. The molecule has 0 aromatic carbocycles. The van der Waals surface area contributed by atoms with Gasteiger partial charge in [0.2, 0.25) is 0 Å². The lowest BCUT2D eigenvalue weighted by Crippen LogP contribution is -2.30. The summed E-state index contributed by atoms with van der Waals surface area (Å²) in [5.74, 6) is -0.890. The van der Waals surface area contributed by atoms with Gasteiger partial charge < -0.3 is 14.2 Å². The predicted octanol–water partition coefficient (Wildman–Crippen LogP) is 19.0. The van der Waals surface area contributed by atoms with Gasteiger partial charge in [0.1, 0.15) is 13.2 Å². The topological polar surface area (TPSA) is 78.9 Å². The van der Waals surface area contributed by atoms with Crippen molar-refractivity contribution in [2.24, 2.45) is 0 Å². The zero-order valence-electron chi connectivity index (χ0n) is 44.0. The van der Waals surface area contributed by atoms with E-state index in [-0.39, 0.29) is 31.1 Å². The van der Waals surface area contributed by atoms with Crippen molar-refractivity contribution in [2.75, 3.05) is 13.2 Å². The van der Waals surface area contributed by atoms with Crippen LogP contribution in [0.1, 0.15) is 297 Å². The van der Waals surface area contributed by atoms with Gasteiger partial charge in [-0.1, -0.05) is 223 Å². The molecule has 1 atom stereocenters. The Labute approximate surface area is 409 Å². The van der Waals surface area contributed by atoms with E-state index in [4.69, 9.17) is 14.2 Å². The molecule has 0 saturated heterocycles. The number of rotatable bonds is 52. The summed E-state index contributed by atoms with van der Waals surface area (Å²) in [5.41, 5.74) is 0. The van der Waals surface area contributed by atoms with E-state index in [1.807, 2.05) is 0 Å². The first kappa shape index (κ1) is 63.4. The lowest BCUT2D eigenvalue weighted by atomic mass is 10.1. The van der Waals surface area contributed by atoms with Gasteiger partial charge in [0.25, 0.3) is 0 Å². The van der Waals surface area contributed by atoms with E-state index in [9.17, 15) is 14.4 Å². The lowest BCUT2D eigenvalue weighted by molar-refractivity contribution is -0.167. The molecule has 0 rings (SSSR count).